The second kappa shape index (κ2) is 6.81. The lowest BCUT2D eigenvalue weighted by Crippen LogP contribution is -2.61. The monoisotopic (exact) mass is 384 g/mol. The Balaban J connectivity index is 1.80. The van der Waals surface area contributed by atoms with Gasteiger partial charge in [0.15, 0.2) is 11.9 Å². The maximum absolute atomic E-state index is 12.7. The van der Waals surface area contributed by atoms with E-state index in [9.17, 15) is 9.59 Å². The van der Waals surface area contributed by atoms with Crippen molar-refractivity contribution in [2.75, 3.05) is 25.6 Å². The SMILES string of the molecule is COc1ccc(-c2nnc3n2C2C(C(=O)NC(=O)N2C)N3CCC(C)C)cc1. The van der Waals surface area contributed by atoms with Gasteiger partial charge in [-0.2, -0.15) is 0 Å². The number of urea groups is 1. The summed E-state index contributed by atoms with van der Waals surface area (Å²) in [7, 11) is 3.30. The van der Waals surface area contributed by atoms with Gasteiger partial charge in [0.05, 0.1) is 7.11 Å². The molecule has 0 bridgehead atoms. The maximum atomic E-state index is 12.7. The number of nitrogens with zero attached hydrogens (tertiary/aromatic N) is 5. The molecular weight excluding hydrogens is 360 g/mol. The van der Waals surface area contributed by atoms with Crippen LogP contribution < -0.4 is 15.0 Å². The first-order valence-corrected chi connectivity index (χ1v) is 9.36. The van der Waals surface area contributed by atoms with Crippen LogP contribution in [0.25, 0.3) is 11.4 Å². The third-order valence-electron chi connectivity index (χ3n) is 5.33. The zero-order valence-corrected chi connectivity index (χ0v) is 16.4. The summed E-state index contributed by atoms with van der Waals surface area (Å²) in [4.78, 5) is 28.5. The first-order chi connectivity index (χ1) is 13.4. The van der Waals surface area contributed by atoms with Gasteiger partial charge in [0, 0.05) is 19.2 Å². The van der Waals surface area contributed by atoms with E-state index in [1.807, 2.05) is 33.7 Å². The van der Waals surface area contributed by atoms with E-state index in [0.29, 0.717) is 24.2 Å². The molecule has 0 saturated carbocycles. The van der Waals surface area contributed by atoms with Crippen LogP contribution in [-0.4, -0.2) is 58.3 Å². The van der Waals surface area contributed by atoms with Crippen molar-refractivity contribution in [3.63, 3.8) is 0 Å². The Labute approximate surface area is 163 Å². The van der Waals surface area contributed by atoms with Crippen molar-refractivity contribution >= 4 is 17.9 Å². The Morgan fingerprint density at radius 3 is 2.54 bits per heavy atom. The van der Waals surface area contributed by atoms with Gasteiger partial charge in [-0.05, 0) is 36.6 Å². The summed E-state index contributed by atoms with van der Waals surface area (Å²) >= 11 is 0. The number of hydrogen-bond acceptors (Lipinski definition) is 6. The number of benzene rings is 1. The number of likely N-dealkylation sites (N-methyl/N-ethyl adjacent to an activating group) is 1. The van der Waals surface area contributed by atoms with E-state index in [1.54, 1.807) is 19.1 Å². The molecule has 0 spiro atoms. The second-order valence-corrected chi connectivity index (χ2v) is 7.56. The van der Waals surface area contributed by atoms with Gasteiger partial charge >= 0.3 is 6.03 Å². The zero-order chi connectivity index (χ0) is 20.0. The molecule has 2 aliphatic rings. The molecule has 9 heteroatoms. The molecule has 2 aromatic rings. The molecule has 0 radical (unpaired) electrons. The quantitative estimate of drug-likeness (QED) is 0.846. The van der Waals surface area contributed by atoms with Gasteiger partial charge in [-0.3, -0.25) is 14.7 Å². The minimum atomic E-state index is -0.524. The number of fused-ring (bicyclic) bond motifs is 3. The van der Waals surface area contributed by atoms with E-state index < -0.39 is 18.2 Å². The molecule has 9 nitrogen and oxygen atoms in total. The number of ether oxygens (including phenoxy) is 1. The van der Waals surface area contributed by atoms with Crippen molar-refractivity contribution in [1.29, 1.82) is 0 Å². The van der Waals surface area contributed by atoms with E-state index in [0.717, 1.165) is 17.7 Å². The van der Waals surface area contributed by atoms with E-state index in [-0.39, 0.29) is 5.91 Å². The standard InChI is InChI=1S/C19H24N6O3/c1-11(2)9-10-24-14-16(26)20-19(27)23(3)17(14)25-15(21-22-18(24)25)12-5-7-13(28-4)8-6-12/h5-8,11,14,17H,9-10H2,1-4H3,(H,20,26,27). The molecule has 1 saturated heterocycles. The summed E-state index contributed by atoms with van der Waals surface area (Å²) in [5.74, 6) is 2.14. The topological polar surface area (TPSA) is 92.6 Å². The molecule has 1 aromatic carbocycles. The molecule has 4 rings (SSSR count). The van der Waals surface area contributed by atoms with Crippen LogP contribution in [-0.2, 0) is 4.79 Å². The normalized spacial score (nSPS) is 21.0. The Bertz CT molecular complexity index is 907. The third kappa shape index (κ3) is 2.78. The predicted molar refractivity (Wildman–Crippen MR) is 103 cm³/mol. The van der Waals surface area contributed by atoms with Gasteiger partial charge in [0.2, 0.25) is 5.95 Å². The van der Waals surface area contributed by atoms with Crippen LogP contribution in [0.1, 0.15) is 26.4 Å². The number of imide groups is 1. The molecule has 3 amide bonds. The highest BCUT2D eigenvalue weighted by molar-refractivity contribution is 6.02. The Morgan fingerprint density at radius 2 is 1.89 bits per heavy atom. The highest BCUT2D eigenvalue weighted by Crippen LogP contribution is 2.41. The molecule has 28 heavy (non-hydrogen) atoms. The third-order valence-corrected chi connectivity index (χ3v) is 5.33. The first kappa shape index (κ1) is 18.3. The molecule has 1 aromatic heterocycles. The smallest absolute Gasteiger partial charge is 0.325 e. The molecule has 2 atom stereocenters. The fourth-order valence-electron chi connectivity index (χ4n) is 3.77. The highest BCUT2D eigenvalue weighted by atomic mass is 16.5. The number of methoxy groups -OCH3 is 1. The Morgan fingerprint density at radius 1 is 1.18 bits per heavy atom. The number of amides is 3. The number of rotatable bonds is 5. The molecule has 3 heterocycles. The summed E-state index contributed by atoms with van der Waals surface area (Å²) in [6.45, 7) is 4.93. The van der Waals surface area contributed by atoms with Gasteiger partial charge < -0.3 is 14.5 Å². The molecule has 0 aliphatic carbocycles. The van der Waals surface area contributed by atoms with Gasteiger partial charge in [-0.1, -0.05) is 13.8 Å². The van der Waals surface area contributed by atoms with Gasteiger partial charge in [0.1, 0.15) is 11.9 Å². The molecule has 148 valence electrons. The lowest BCUT2D eigenvalue weighted by Gasteiger charge is -2.37. The average Bonchev–Trinajstić information content (AvgIpc) is 3.23. The van der Waals surface area contributed by atoms with Gasteiger partial charge in [0.25, 0.3) is 5.91 Å². The van der Waals surface area contributed by atoms with Crippen LogP contribution >= 0.6 is 0 Å². The number of nitrogens with one attached hydrogen (secondary N) is 1. The summed E-state index contributed by atoms with van der Waals surface area (Å²) in [6.07, 6.45) is 0.411. The minimum Gasteiger partial charge on any atom is -0.497 e. The molecule has 1 fully saturated rings. The zero-order valence-electron chi connectivity index (χ0n) is 16.4. The van der Waals surface area contributed by atoms with Crippen LogP contribution in [0.2, 0.25) is 0 Å². The minimum absolute atomic E-state index is 0.303. The lowest BCUT2D eigenvalue weighted by molar-refractivity contribution is -0.124. The summed E-state index contributed by atoms with van der Waals surface area (Å²) < 4.78 is 7.12. The van der Waals surface area contributed by atoms with E-state index in [4.69, 9.17) is 4.74 Å². The van der Waals surface area contributed by atoms with Crippen LogP contribution in [0.5, 0.6) is 5.75 Å². The lowest BCUT2D eigenvalue weighted by atomic mass is 10.1. The Kier molecular flexibility index (Phi) is 4.44. The van der Waals surface area contributed by atoms with Crippen molar-refractivity contribution in [2.45, 2.75) is 32.5 Å². The molecule has 2 unspecified atom stereocenters. The average molecular weight is 384 g/mol. The summed E-state index contributed by atoms with van der Waals surface area (Å²) in [5, 5.41) is 11.2. The van der Waals surface area contributed by atoms with E-state index in [1.165, 1.54) is 0 Å². The van der Waals surface area contributed by atoms with Crippen molar-refractivity contribution in [3.05, 3.63) is 24.3 Å². The number of hydrogen-bond donors (Lipinski definition) is 1. The van der Waals surface area contributed by atoms with Crippen LogP contribution in [0, 0.1) is 5.92 Å². The van der Waals surface area contributed by atoms with E-state index >= 15 is 0 Å². The van der Waals surface area contributed by atoms with E-state index in [2.05, 4.69) is 29.4 Å². The molecule has 2 aliphatic heterocycles. The predicted octanol–water partition coefficient (Wildman–Crippen LogP) is 1.87. The first-order valence-electron chi connectivity index (χ1n) is 9.36. The van der Waals surface area contributed by atoms with Crippen molar-refractivity contribution < 1.29 is 14.3 Å². The van der Waals surface area contributed by atoms with Crippen LogP contribution in [0.3, 0.4) is 0 Å². The van der Waals surface area contributed by atoms with Gasteiger partial charge in [-0.25, -0.2) is 4.79 Å². The number of aromatic nitrogens is 3. The fourth-order valence-corrected chi connectivity index (χ4v) is 3.77. The second-order valence-electron chi connectivity index (χ2n) is 7.56. The highest BCUT2D eigenvalue weighted by Gasteiger charge is 2.52. The largest absolute Gasteiger partial charge is 0.497 e. The molecular formula is C19H24N6O3. The molecule has 1 N–H and O–H groups in total. The van der Waals surface area contributed by atoms with Gasteiger partial charge in [-0.15, -0.1) is 10.2 Å². The maximum Gasteiger partial charge on any atom is 0.325 e. The number of carbonyl (C=O) groups is 2. The van der Waals surface area contributed by atoms with Crippen molar-refractivity contribution in [3.8, 4) is 17.1 Å². The van der Waals surface area contributed by atoms with Crippen molar-refractivity contribution in [1.82, 2.24) is 25.0 Å². The summed E-state index contributed by atoms with van der Waals surface area (Å²) in [5.41, 5.74) is 0.843. The van der Waals surface area contributed by atoms with Crippen molar-refractivity contribution in [2.24, 2.45) is 5.92 Å². The van der Waals surface area contributed by atoms with Crippen LogP contribution in [0.15, 0.2) is 24.3 Å². The van der Waals surface area contributed by atoms with Crippen LogP contribution in [0.4, 0.5) is 10.7 Å². The Hall–Kier alpha value is -3.10. The fraction of sp³-hybridized carbons (Fsp3) is 0.474. The number of carbonyl (C=O) groups excluding carboxylic acids is 2. The summed E-state index contributed by atoms with van der Waals surface area (Å²) in [6, 6.07) is 6.55. The number of anilines is 1.